The first-order valence-electron chi connectivity index (χ1n) is 8.34. The maximum atomic E-state index is 13.1. The fraction of sp³-hybridized carbons (Fsp3) is 0.316. The zero-order valence-electron chi connectivity index (χ0n) is 15.1. The highest BCUT2D eigenvalue weighted by molar-refractivity contribution is 7.92. The highest BCUT2D eigenvalue weighted by Crippen LogP contribution is 2.22. The molecule has 0 saturated heterocycles. The van der Waals surface area contributed by atoms with E-state index in [1.165, 1.54) is 24.3 Å². The standard InChI is InChI=1S/C19H23FN2O3S/c1-4-15-7-5-6-14(2)19(15)21-18(23)12-13-22(26(3,24)25)17-10-8-16(20)9-11-17/h5-11H,4,12-13H2,1-3H3,(H,21,23). The van der Waals surface area contributed by atoms with Crippen molar-refractivity contribution in [1.82, 2.24) is 0 Å². The lowest BCUT2D eigenvalue weighted by atomic mass is 10.1. The highest BCUT2D eigenvalue weighted by atomic mass is 32.2. The van der Waals surface area contributed by atoms with E-state index in [-0.39, 0.29) is 18.9 Å². The maximum Gasteiger partial charge on any atom is 0.232 e. The molecule has 0 bridgehead atoms. The van der Waals surface area contributed by atoms with Crippen LogP contribution in [0.1, 0.15) is 24.5 Å². The molecule has 2 aromatic rings. The van der Waals surface area contributed by atoms with Gasteiger partial charge in [-0.15, -0.1) is 0 Å². The zero-order valence-corrected chi connectivity index (χ0v) is 15.9. The Morgan fingerprint density at radius 2 is 1.81 bits per heavy atom. The third-order valence-corrected chi connectivity index (χ3v) is 5.26. The van der Waals surface area contributed by atoms with Crippen LogP contribution in [0.4, 0.5) is 15.8 Å². The van der Waals surface area contributed by atoms with Crippen molar-refractivity contribution in [2.24, 2.45) is 0 Å². The van der Waals surface area contributed by atoms with E-state index in [0.717, 1.165) is 33.8 Å². The molecular weight excluding hydrogens is 355 g/mol. The topological polar surface area (TPSA) is 66.5 Å². The quantitative estimate of drug-likeness (QED) is 0.802. The van der Waals surface area contributed by atoms with Crippen LogP contribution in [0.5, 0.6) is 0 Å². The lowest BCUT2D eigenvalue weighted by molar-refractivity contribution is -0.116. The minimum Gasteiger partial charge on any atom is -0.326 e. The van der Waals surface area contributed by atoms with Crippen LogP contribution in [0.25, 0.3) is 0 Å². The Labute approximate surface area is 153 Å². The van der Waals surface area contributed by atoms with E-state index in [9.17, 15) is 17.6 Å². The summed E-state index contributed by atoms with van der Waals surface area (Å²) >= 11 is 0. The van der Waals surface area contributed by atoms with Crippen molar-refractivity contribution < 1.29 is 17.6 Å². The summed E-state index contributed by atoms with van der Waals surface area (Å²) in [5, 5.41) is 2.88. The second-order valence-corrected chi connectivity index (χ2v) is 7.98. The van der Waals surface area contributed by atoms with Gasteiger partial charge in [-0.2, -0.15) is 0 Å². The fourth-order valence-corrected chi connectivity index (χ4v) is 3.63. The van der Waals surface area contributed by atoms with Crippen LogP contribution >= 0.6 is 0 Å². The number of rotatable bonds is 7. The fourth-order valence-electron chi connectivity index (χ4n) is 2.70. The summed E-state index contributed by atoms with van der Waals surface area (Å²) in [6, 6.07) is 10.9. The predicted molar refractivity (Wildman–Crippen MR) is 102 cm³/mol. The third-order valence-electron chi connectivity index (χ3n) is 4.06. The van der Waals surface area contributed by atoms with Gasteiger partial charge in [0, 0.05) is 18.7 Å². The van der Waals surface area contributed by atoms with Gasteiger partial charge in [-0.25, -0.2) is 12.8 Å². The molecule has 0 radical (unpaired) electrons. The first-order valence-corrected chi connectivity index (χ1v) is 10.2. The third kappa shape index (κ3) is 5.05. The number of sulfonamides is 1. The number of aryl methyl sites for hydroxylation is 2. The van der Waals surface area contributed by atoms with E-state index in [1.54, 1.807) is 0 Å². The van der Waals surface area contributed by atoms with Crippen molar-refractivity contribution in [2.75, 3.05) is 22.4 Å². The van der Waals surface area contributed by atoms with E-state index < -0.39 is 15.8 Å². The number of carbonyl (C=O) groups excluding carboxylic acids is 1. The lowest BCUT2D eigenvalue weighted by Crippen LogP contribution is -2.33. The molecule has 0 spiro atoms. The normalized spacial score (nSPS) is 11.2. The van der Waals surface area contributed by atoms with Gasteiger partial charge in [-0.05, 0) is 48.7 Å². The van der Waals surface area contributed by atoms with Crippen LogP contribution in [0.15, 0.2) is 42.5 Å². The Morgan fingerprint density at radius 1 is 1.15 bits per heavy atom. The number of amides is 1. The Balaban J connectivity index is 2.12. The van der Waals surface area contributed by atoms with E-state index in [0.29, 0.717) is 5.69 Å². The first-order chi connectivity index (χ1) is 12.2. The molecular formula is C19H23FN2O3S. The molecule has 0 heterocycles. The molecule has 26 heavy (non-hydrogen) atoms. The van der Waals surface area contributed by atoms with E-state index in [1.807, 2.05) is 32.0 Å². The molecule has 0 aromatic heterocycles. The molecule has 5 nitrogen and oxygen atoms in total. The number of halogens is 1. The molecule has 0 aliphatic heterocycles. The molecule has 0 fully saturated rings. The summed E-state index contributed by atoms with van der Waals surface area (Å²) in [6.45, 7) is 3.89. The van der Waals surface area contributed by atoms with Crippen molar-refractivity contribution in [3.05, 3.63) is 59.4 Å². The van der Waals surface area contributed by atoms with Gasteiger partial charge in [0.2, 0.25) is 15.9 Å². The molecule has 0 aliphatic rings. The van der Waals surface area contributed by atoms with Gasteiger partial charge in [-0.3, -0.25) is 9.10 Å². The summed E-state index contributed by atoms with van der Waals surface area (Å²) < 4.78 is 38.3. The molecule has 0 atom stereocenters. The minimum absolute atomic E-state index is 0.0120. The second kappa shape index (κ2) is 8.31. The minimum atomic E-state index is -3.59. The number of carbonyl (C=O) groups is 1. The number of hydrogen-bond acceptors (Lipinski definition) is 3. The number of benzene rings is 2. The van der Waals surface area contributed by atoms with Gasteiger partial charge in [-0.1, -0.05) is 25.1 Å². The molecule has 0 unspecified atom stereocenters. The smallest absolute Gasteiger partial charge is 0.232 e. The van der Waals surface area contributed by atoms with Crippen LogP contribution in [-0.4, -0.2) is 27.1 Å². The highest BCUT2D eigenvalue weighted by Gasteiger charge is 2.19. The van der Waals surface area contributed by atoms with Gasteiger partial charge < -0.3 is 5.32 Å². The summed E-state index contributed by atoms with van der Waals surface area (Å²) in [5.74, 6) is -0.726. The molecule has 1 amide bonds. The van der Waals surface area contributed by atoms with Crippen molar-refractivity contribution in [3.8, 4) is 0 Å². The zero-order chi connectivity index (χ0) is 19.3. The Morgan fingerprint density at radius 3 is 2.38 bits per heavy atom. The summed E-state index contributed by atoms with van der Waals surface area (Å²) in [6.07, 6.45) is 1.83. The second-order valence-electron chi connectivity index (χ2n) is 6.07. The Hall–Kier alpha value is -2.41. The predicted octanol–water partition coefficient (Wildman–Crippen LogP) is 3.49. The molecule has 0 aliphatic carbocycles. The number of hydrogen-bond donors (Lipinski definition) is 1. The lowest BCUT2D eigenvalue weighted by Gasteiger charge is -2.22. The van der Waals surface area contributed by atoms with Crippen LogP contribution in [0.2, 0.25) is 0 Å². The average Bonchev–Trinajstić information content (AvgIpc) is 2.57. The van der Waals surface area contributed by atoms with Gasteiger partial charge in [0.1, 0.15) is 5.82 Å². The van der Waals surface area contributed by atoms with Gasteiger partial charge in [0.05, 0.1) is 11.9 Å². The molecule has 2 rings (SSSR count). The number of nitrogens with one attached hydrogen (secondary N) is 1. The molecule has 7 heteroatoms. The first kappa shape index (κ1) is 19.9. The maximum absolute atomic E-state index is 13.1. The van der Waals surface area contributed by atoms with Crippen LogP contribution < -0.4 is 9.62 Å². The monoisotopic (exact) mass is 378 g/mol. The van der Waals surface area contributed by atoms with Crippen LogP contribution in [0, 0.1) is 12.7 Å². The Bertz CT molecular complexity index is 880. The molecule has 0 saturated carbocycles. The van der Waals surface area contributed by atoms with Gasteiger partial charge in [0.15, 0.2) is 0 Å². The number of nitrogens with zero attached hydrogens (tertiary/aromatic N) is 1. The van der Waals surface area contributed by atoms with Crippen molar-refractivity contribution in [2.45, 2.75) is 26.7 Å². The van der Waals surface area contributed by atoms with Crippen LogP contribution in [-0.2, 0) is 21.2 Å². The van der Waals surface area contributed by atoms with Crippen molar-refractivity contribution in [1.29, 1.82) is 0 Å². The SMILES string of the molecule is CCc1cccc(C)c1NC(=O)CCN(c1ccc(F)cc1)S(C)(=O)=O. The van der Waals surface area contributed by atoms with Gasteiger partial charge >= 0.3 is 0 Å². The van der Waals surface area contributed by atoms with E-state index in [4.69, 9.17) is 0 Å². The van der Waals surface area contributed by atoms with Crippen molar-refractivity contribution in [3.63, 3.8) is 0 Å². The molecule has 140 valence electrons. The van der Waals surface area contributed by atoms with E-state index >= 15 is 0 Å². The summed E-state index contributed by atoms with van der Waals surface area (Å²) in [4.78, 5) is 12.4. The summed E-state index contributed by atoms with van der Waals surface area (Å²) in [7, 11) is -3.59. The number of anilines is 2. The average molecular weight is 378 g/mol. The number of para-hydroxylation sites is 1. The Kier molecular flexibility index (Phi) is 6.37. The van der Waals surface area contributed by atoms with Crippen molar-refractivity contribution >= 4 is 27.3 Å². The molecule has 1 N–H and O–H groups in total. The van der Waals surface area contributed by atoms with Gasteiger partial charge in [0.25, 0.3) is 0 Å². The van der Waals surface area contributed by atoms with E-state index in [2.05, 4.69) is 5.32 Å². The largest absolute Gasteiger partial charge is 0.326 e. The molecule has 2 aromatic carbocycles. The van der Waals surface area contributed by atoms with Crippen LogP contribution in [0.3, 0.4) is 0 Å². The summed E-state index contributed by atoms with van der Waals surface area (Å²) in [5.41, 5.74) is 3.08.